The summed E-state index contributed by atoms with van der Waals surface area (Å²) in [7, 11) is 0. The number of rotatable bonds is 5. The van der Waals surface area contributed by atoms with Crippen LogP contribution in [0.5, 0.6) is 0 Å². The minimum absolute atomic E-state index is 0.343. The fourth-order valence-electron chi connectivity index (χ4n) is 0.784. The fourth-order valence-corrected chi connectivity index (χ4v) is 0.952. The monoisotopic (exact) mass is 162 g/mol. The van der Waals surface area contributed by atoms with Crippen LogP contribution in [-0.2, 0) is 0 Å². The Balaban J connectivity index is 3.13. The van der Waals surface area contributed by atoms with Gasteiger partial charge in [-0.25, -0.2) is 0 Å². The molecule has 0 spiro atoms. The minimum Gasteiger partial charge on any atom is -0.389 e. The van der Waals surface area contributed by atoms with Gasteiger partial charge in [-0.1, -0.05) is 37.8 Å². The molecule has 0 saturated heterocycles. The maximum Gasteiger partial charge on any atom is 0.0732 e. The molecule has 1 nitrogen and oxygen atoms in total. The lowest BCUT2D eigenvalue weighted by Gasteiger charge is -2.02. The Morgan fingerprint density at radius 1 is 1.50 bits per heavy atom. The van der Waals surface area contributed by atoms with E-state index < -0.39 is 0 Å². The smallest absolute Gasteiger partial charge is 0.0732 e. The van der Waals surface area contributed by atoms with Crippen molar-refractivity contribution < 1.29 is 5.11 Å². The van der Waals surface area contributed by atoms with Gasteiger partial charge in [0.2, 0.25) is 0 Å². The number of aliphatic hydroxyl groups excluding tert-OH is 1. The average Bonchev–Trinajstić information content (AvgIpc) is 1.89. The van der Waals surface area contributed by atoms with Gasteiger partial charge >= 0.3 is 0 Å². The van der Waals surface area contributed by atoms with Crippen LogP contribution in [0.1, 0.15) is 32.6 Å². The van der Waals surface area contributed by atoms with Gasteiger partial charge in [0.05, 0.1) is 6.10 Å². The number of unbranched alkanes of at least 4 members (excludes halogenated alkanes) is 2. The Morgan fingerprint density at radius 3 is 2.70 bits per heavy atom. The highest BCUT2D eigenvalue weighted by Gasteiger charge is 1.96. The molecule has 0 heterocycles. The zero-order chi connectivity index (χ0) is 7.82. The summed E-state index contributed by atoms with van der Waals surface area (Å²) in [6, 6.07) is 0. The van der Waals surface area contributed by atoms with E-state index in [2.05, 4.69) is 6.92 Å². The van der Waals surface area contributed by atoms with E-state index in [1.54, 1.807) is 6.08 Å². The van der Waals surface area contributed by atoms with Gasteiger partial charge in [-0.05, 0) is 12.5 Å². The molecule has 0 rings (SSSR count). The zero-order valence-corrected chi connectivity index (χ0v) is 7.14. The van der Waals surface area contributed by atoms with Gasteiger partial charge in [0, 0.05) is 5.54 Å². The van der Waals surface area contributed by atoms with E-state index in [1.807, 2.05) is 0 Å². The van der Waals surface area contributed by atoms with Crippen molar-refractivity contribution in [3.05, 3.63) is 11.6 Å². The molecule has 0 aliphatic heterocycles. The molecule has 0 aliphatic rings. The van der Waals surface area contributed by atoms with Gasteiger partial charge in [0.25, 0.3) is 0 Å². The van der Waals surface area contributed by atoms with E-state index in [1.165, 1.54) is 18.4 Å². The molecule has 1 N–H and O–H groups in total. The summed E-state index contributed by atoms with van der Waals surface area (Å²) in [4.78, 5) is 0. The SMILES string of the molecule is CCCCC[C@H](O)/C=C/Cl. The van der Waals surface area contributed by atoms with Crippen LogP contribution in [0.3, 0.4) is 0 Å². The summed E-state index contributed by atoms with van der Waals surface area (Å²) in [5.41, 5.74) is 1.37. The van der Waals surface area contributed by atoms with Gasteiger partial charge in [-0.3, -0.25) is 0 Å². The zero-order valence-electron chi connectivity index (χ0n) is 6.39. The van der Waals surface area contributed by atoms with Crippen molar-refractivity contribution in [2.75, 3.05) is 0 Å². The third kappa shape index (κ3) is 6.12. The Bertz CT molecular complexity index is 91.3. The maximum absolute atomic E-state index is 9.10. The van der Waals surface area contributed by atoms with E-state index in [0.29, 0.717) is 0 Å². The molecule has 0 saturated carbocycles. The first kappa shape index (κ1) is 9.99. The molecule has 0 aromatic rings. The minimum atomic E-state index is -0.343. The Kier molecular flexibility index (Phi) is 7.09. The number of halogens is 1. The number of aliphatic hydroxyl groups is 1. The van der Waals surface area contributed by atoms with Gasteiger partial charge < -0.3 is 5.11 Å². The first-order valence-corrected chi connectivity index (χ1v) is 4.19. The average molecular weight is 163 g/mol. The summed E-state index contributed by atoms with van der Waals surface area (Å²) >= 11 is 5.27. The quantitative estimate of drug-likeness (QED) is 0.617. The van der Waals surface area contributed by atoms with Crippen molar-refractivity contribution in [1.82, 2.24) is 0 Å². The predicted octanol–water partition coefficient (Wildman–Crippen LogP) is 2.68. The summed E-state index contributed by atoms with van der Waals surface area (Å²) in [5, 5.41) is 9.10. The van der Waals surface area contributed by atoms with Crippen LogP contribution in [0, 0.1) is 0 Å². The van der Waals surface area contributed by atoms with E-state index in [4.69, 9.17) is 16.7 Å². The van der Waals surface area contributed by atoms with Crippen LogP contribution >= 0.6 is 11.6 Å². The standard InChI is InChI=1S/C8H15ClO/c1-2-3-4-5-8(10)6-7-9/h6-8,10H,2-5H2,1H3/b7-6+/t8-/m0/s1. The Labute approximate surface area is 67.7 Å². The van der Waals surface area contributed by atoms with Gasteiger partial charge in [-0.15, -0.1) is 0 Å². The van der Waals surface area contributed by atoms with Gasteiger partial charge in [-0.2, -0.15) is 0 Å². The number of hydrogen-bond acceptors (Lipinski definition) is 1. The molecule has 2 heteroatoms. The molecule has 60 valence electrons. The van der Waals surface area contributed by atoms with Crippen molar-refractivity contribution in [3.63, 3.8) is 0 Å². The van der Waals surface area contributed by atoms with E-state index in [9.17, 15) is 0 Å². The molecule has 0 unspecified atom stereocenters. The molecule has 0 fully saturated rings. The maximum atomic E-state index is 9.10. The van der Waals surface area contributed by atoms with E-state index >= 15 is 0 Å². The van der Waals surface area contributed by atoms with Crippen LogP contribution in [-0.4, -0.2) is 11.2 Å². The second-order valence-electron chi connectivity index (χ2n) is 2.38. The van der Waals surface area contributed by atoms with Crippen molar-refractivity contribution in [2.24, 2.45) is 0 Å². The van der Waals surface area contributed by atoms with E-state index in [-0.39, 0.29) is 6.10 Å². The van der Waals surface area contributed by atoms with Crippen molar-refractivity contribution in [2.45, 2.75) is 38.7 Å². The van der Waals surface area contributed by atoms with Crippen molar-refractivity contribution >= 4 is 11.6 Å². The molecule has 0 bridgehead atoms. The van der Waals surface area contributed by atoms with Crippen LogP contribution in [0.15, 0.2) is 11.6 Å². The molecule has 0 aromatic carbocycles. The van der Waals surface area contributed by atoms with Gasteiger partial charge in [0.15, 0.2) is 0 Å². The second kappa shape index (κ2) is 7.10. The largest absolute Gasteiger partial charge is 0.389 e. The predicted molar refractivity (Wildman–Crippen MR) is 45.1 cm³/mol. The highest BCUT2D eigenvalue weighted by molar-refractivity contribution is 6.25. The third-order valence-electron chi connectivity index (χ3n) is 1.40. The summed E-state index contributed by atoms with van der Waals surface area (Å²) < 4.78 is 0. The summed E-state index contributed by atoms with van der Waals surface area (Å²) in [5.74, 6) is 0. The van der Waals surface area contributed by atoms with Crippen LogP contribution in [0.25, 0.3) is 0 Å². The second-order valence-corrected chi connectivity index (χ2v) is 2.63. The Hall–Kier alpha value is -0.0100. The fraction of sp³-hybridized carbons (Fsp3) is 0.750. The normalized spacial score (nSPS) is 14.3. The van der Waals surface area contributed by atoms with Crippen molar-refractivity contribution in [1.29, 1.82) is 0 Å². The molecule has 0 aromatic heterocycles. The van der Waals surface area contributed by atoms with E-state index in [0.717, 1.165) is 12.8 Å². The topological polar surface area (TPSA) is 20.2 Å². The first-order valence-electron chi connectivity index (χ1n) is 3.76. The summed E-state index contributed by atoms with van der Waals surface area (Å²) in [6.07, 6.45) is 5.56. The summed E-state index contributed by atoms with van der Waals surface area (Å²) in [6.45, 7) is 2.14. The molecule has 0 aliphatic carbocycles. The first-order chi connectivity index (χ1) is 4.81. The van der Waals surface area contributed by atoms with Gasteiger partial charge in [0.1, 0.15) is 0 Å². The van der Waals surface area contributed by atoms with Crippen LogP contribution in [0.2, 0.25) is 0 Å². The lowest BCUT2D eigenvalue weighted by molar-refractivity contribution is 0.208. The number of hydrogen-bond donors (Lipinski definition) is 1. The lowest BCUT2D eigenvalue weighted by atomic mass is 10.1. The molecular formula is C8H15ClO. The third-order valence-corrected chi connectivity index (χ3v) is 1.54. The molecule has 0 amide bonds. The molecule has 1 atom stereocenters. The lowest BCUT2D eigenvalue weighted by Crippen LogP contribution is -2.00. The van der Waals surface area contributed by atoms with Crippen molar-refractivity contribution in [3.8, 4) is 0 Å². The molecule has 10 heavy (non-hydrogen) atoms. The highest BCUT2D eigenvalue weighted by atomic mass is 35.5. The highest BCUT2D eigenvalue weighted by Crippen LogP contribution is 2.04. The molecule has 0 radical (unpaired) electrons. The Morgan fingerprint density at radius 2 is 2.20 bits per heavy atom. The van der Waals surface area contributed by atoms with Crippen LogP contribution < -0.4 is 0 Å². The molecular weight excluding hydrogens is 148 g/mol. The van der Waals surface area contributed by atoms with Crippen LogP contribution in [0.4, 0.5) is 0 Å².